The van der Waals surface area contributed by atoms with Gasteiger partial charge in [0.1, 0.15) is 12.4 Å². The van der Waals surface area contributed by atoms with Gasteiger partial charge in [0.15, 0.2) is 0 Å². The molecule has 2 heteroatoms. The molecule has 1 fully saturated rings. The summed E-state index contributed by atoms with van der Waals surface area (Å²) in [6.07, 6.45) is 3.89. The Morgan fingerprint density at radius 3 is 3.12 bits per heavy atom. The number of hydrogen-bond donors (Lipinski definition) is 0. The number of likely N-dealkylation sites (tertiary alicyclic amines) is 1. The van der Waals surface area contributed by atoms with Crippen molar-refractivity contribution in [2.45, 2.75) is 38.1 Å². The Hall–Kier alpha value is -1.02. The van der Waals surface area contributed by atoms with E-state index in [9.17, 15) is 0 Å². The van der Waals surface area contributed by atoms with Crippen molar-refractivity contribution >= 4 is 0 Å². The average Bonchev–Trinajstić information content (AvgIpc) is 2.39. The second-order valence-corrected chi connectivity index (χ2v) is 5.20. The van der Waals surface area contributed by atoms with E-state index in [1.54, 1.807) is 0 Å². The molecule has 2 nitrogen and oxygen atoms in total. The van der Waals surface area contributed by atoms with Crippen LogP contribution in [0.3, 0.4) is 0 Å². The molecule has 0 radical (unpaired) electrons. The van der Waals surface area contributed by atoms with Gasteiger partial charge in [-0.05, 0) is 44.0 Å². The Kier molecular flexibility index (Phi) is 3.06. The highest BCUT2D eigenvalue weighted by Crippen LogP contribution is 2.40. The van der Waals surface area contributed by atoms with E-state index < -0.39 is 0 Å². The normalized spacial score (nSPS) is 28.1. The Bertz CT molecular complexity index is 388. The first-order valence-electron chi connectivity index (χ1n) is 6.86. The summed E-state index contributed by atoms with van der Waals surface area (Å²) >= 11 is 0. The number of hydrogen-bond acceptors (Lipinski definition) is 2. The van der Waals surface area contributed by atoms with Gasteiger partial charge < -0.3 is 4.74 Å². The highest BCUT2D eigenvalue weighted by Gasteiger charge is 2.36. The minimum atomic E-state index is 0.610. The quantitative estimate of drug-likeness (QED) is 0.775. The van der Waals surface area contributed by atoms with Gasteiger partial charge in [-0.15, -0.1) is 0 Å². The minimum Gasteiger partial charge on any atom is -0.492 e. The lowest BCUT2D eigenvalue weighted by Gasteiger charge is -2.44. The highest BCUT2D eigenvalue weighted by atomic mass is 16.5. The van der Waals surface area contributed by atoms with E-state index in [1.807, 2.05) is 0 Å². The van der Waals surface area contributed by atoms with E-state index in [-0.39, 0.29) is 0 Å². The van der Waals surface area contributed by atoms with Crippen molar-refractivity contribution < 1.29 is 4.74 Å². The van der Waals surface area contributed by atoms with Crippen LogP contribution in [-0.2, 0) is 0 Å². The zero-order valence-electron chi connectivity index (χ0n) is 10.6. The van der Waals surface area contributed by atoms with Gasteiger partial charge in [-0.1, -0.05) is 25.1 Å². The van der Waals surface area contributed by atoms with Crippen LogP contribution in [-0.4, -0.2) is 30.6 Å². The predicted octanol–water partition coefficient (Wildman–Crippen LogP) is 3.04. The number of benzene rings is 1. The van der Waals surface area contributed by atoms with Crippen LogP contribution >= 0.6 is 0 Å². The summed E-state index contributed by atoms with van der Waals surface area (Å²) < 4.78 is 5.93. The van der Waals surface area contributed by atoms with Crippen LogP contribution in [0.5, 0.6) is 5.75 Å². The van der Waals surface area contributed by atoms with E-state index >= 15 is 0 Å². The van der Waals surface area contributed by atoms with Crippen LogP contribution in [0.25, 0.3) is 0 Å². The van der Waals surface area contributed by atoms with Gasteiger partial charge in [-0.2, -0.15) is 0 Å². The van der Waals surface area contributed by atoms with Crippen molar-refractivity contribution in [2.24, 2.45) is 0 Å². The molecule has 2 atom stereocenters. The van der Waals surface area contributed by atoms with Gasteiger partial charge >= 0.3 is 0 Å². The summed E-state index contributed by atoms with van der Waals surface area (Å²) in [6.45, 7) is 5.61. The van der Waals surface area contributed by atoms with Crippen molar-refractivity contribution in [3.05, 3.63) is 29.8 Å². The molecule has 3 rings (SSSR count). The minimum absolute atomic E-state index is 0.610. The summed E-state index contributed by atoms with van der Waals surface area (Å²) in [6, 6.07) is 9.19. The molecule has 0 aromatic heterocycles. The molecule has 0 amide bonds. The summed E-state index contributed by atoms with van der Waals surface area (Å²) in [5, 5.41) is 0. The van der Waals surface area contributed by atoms with E-state index in [0.717, 1.165) is 12.4 Å². The predicted molar refractivity (Wildman–Crippen MR) is 69.6 cm³/mol. The molecule has 0 N–H and O–H groups in total. The van der Waals surface area contributed by atoms with E-state index in [0.29, 0.717) is 12.0 Å². The SMILES string of the molecule is CCCN1CCC[C@@H]2c3ccccc3OC[C@H]21. The molecule has 0 bridgehead atoms. The monoisotopic (exact) mass is 231 g/mol. The Morgan fingerprint density at radius 2 is 2.24 bits per heavy atom. The first-order valence-corrected chi connectivity index (χ1v) is 6.86. The molecule has 2 heterocycles. The number of ether oxygens (including phenoxy) is 1. The molecule has 0 unspecified atom stereocenters. The van der Waals surface area contributed by atoms with Crippen molar-refractivity contribution in [1.82, 2.24) is 4.90 Å². The largest absolute Gasteiger partial charge is 0.492 e. The van der Waals surface area contributed by atoms with Crippen molar-refractivity contribution in [1.29, 1.82) is 0 Å². The highest BCUT2D eigenvalue weighted by molar-refractivity contribution is 5.39. The zero-order chi connectivity index (χ0) is 11.7. The smallest absolute Gasteiger partial charge is 0.122 e. The fourth-order valence-corrected chi connectivity index (χ4v) is 3.37. The molecule has 2 aliphatic rings. The van der Waals surface area contributed by atoms with Gasteiger partial charge in [0.05, 0.1) is 6.04 Å². The number of nitrogens with zero attached hydrogens (tertiary/aromatic N) is 1. The molecule has 0 spiro atoms. The number of para-hydroxylation sites is 1. The van der Waals surface area contributed by atoms with Crippen LogP contribution in [0.1, 0.15) is 37.7 Å². The Labute approximate surface area is 104 Å². The lowest BCUT2D eigenvalue weighted by atomic mass is 9.82. The van der Waals surface area contributed by atoms with Crippen LogP contribution < -0.4 is 4.74 Å². The van der Waals surface area contributed by atoms with Crippen molar-refractivity contribution in [3.63, 3.8) is 0 Å². The molecule has 17 heavy (non-hydrogen) atoms. The summed E-state index contributed by atoms with van der Waals surface area (Å²) in [4.78, 5) is 2.63. The average molecular weight is 231 g/mol. The van der Waals surface area contributed by atoms with E-state index in [2.05, 4.69) is 36.1 Å². The van der Waals surface area contributed by atoms with Crippen LogP contribution in [0.2, 0.25) is 0 Å². The van der Waals surface area contributed by atoms with Crippen molar-refractivity contribution in [3.8, 4) is 5.75 Å². The van der Waals surface area contributed by atoms with Gasteiger partial charge in [0.25, 0.3) is 0 Å². The molecule has 1 aromatic carbocycles. The maximum atomic E-state index is 5.93. The Balaban J connectivity index is 1.88. The zero-order valence-corrected chi connectivity index (χ0v) is 10.6. The van der Waals surface area contributed by atoms with Gasteiger partial charge in [-0.25, -0.2) is 0 Å². The van der Waals surface area contributed by atoms with E-state index in [1.165, 1.54) is 37.9 Å². The molecular formula is C15H21NO. The van der Waals surface area contributed by atoms with Gasteiger partial charge in [-0.3, -0.25) is 4.90 Å². The lowest BCUT2D eigenvalue weighted by molar-refractivity contribution is 0.0659. The second-order valence-electron chi connectivity index (χ2n) is 5.20. The maximum absolute atomic E-state index is 5.93. The maximum Gasteiger partial charge on any atom is 0.122 e. The summed E-state index contributed by atoms with van der Waals surface area (Å²) in [5.74, 6) is 1.81. The van der Waals surface area contributed by atoms with Crippen molar-refractivity contribution in [2.75, 3.05) is 19.7 Å². The van der Waals surface area contributed by atoms with Crippen LogP contribution in [0.4, 0.5) is 0 Å². The molecule has 1 saturated heterocycles. The topological polar surface area (TPSA) is 12.5 Å². The molecule has 2 aliphatic heterocycles. The molecule has 92 valence electrons. The van der Waals surface area contributed by atoms with Gasteiger partial charge in [0.2, 0.25) is 0 Å². The third kappa shape index (κ3) is 1.95. The number of rotatable bonds is 2. The fourth-order valence-electron chi connectivity index (χ4n) is 3.37. The fraction of sp³-hybridized carbons (Fsp3) is 0.600. The van der Waals surface area contributed by atoms with Gasteiger partial charge in [0, 0.05) is 5.92 Å². The third-order valence-corrected chi connectivity index (χ3v) is 4.13. The Morgan fingerprint density at radius 1 is 1.35 bits per heavy atom. The molecule has 0 aliphatic carbocycles. The first kappa shape index (κ1) is 11.1. The molecular weight excluding hydrogens is 210 g/mol. The standard InChI is InChI=1S/C15H21NO/c1-2-9-16-10-5-7-12-13-6-3-4-8-15(13)17-11-14(12)16/h3-4,6,8,12,14H,2,5,7,9-11H2,1H3/t12-,14-/m1/s1. The molecule has 1 aromatic rings. The van der Waals surface area contributed by atoms with Crippen LogP contribution in [0, 0.1) is 0 Å². The molecule has 0 saturated carbocycles. The summed E-state index contributed by atoms with van der Waals surface area (Å²) in [5.41, 5.74) is 1.43. The first-order chi connectivity index (χ1) is 8.40. The lowest BCUT2D eigenvalue weighted by Crippen LogP contribution is -2.49. The van der Waals surface area contributed by atoms with Crippen LogP contribution in [0.15, 0.2) is 24.3 Å². The summed E-state index contributed by atoms with van der Waals surface area (Å²) in [7, 11) is 0. The second kappa shape index (κ2) is 4.69. The van der Waals surface area contributed by atoms with E-state index in [4.69, 9.17) is 4.74 Å². The number of piperidine rings is 1. The third-order valence-electron chi connectivity index (χ3n) is 4.13. The number of fused-ring (bicyclic) bond motifs is 3.